The molecule has 134 valence electrons. The van der Waals surface area contributed by atoms with E-state index in [1.54, 1.807) is 6.92 Å². The molecule has 0 saturated carbocycles. The van der Waals surface area contributed by atoms with E-state index in [-0.39, 0.29) is 24.8 Å². The lowest BCUT2D eigenvalue weighted by Crippen LogP contribution is -2.19. The molecule has 0 bridgehead atoms. The lowest BCUT2D eigenvalue weighted by molar-refractivity contribution is -0.150. The molecule has 0 aliphatic heterocycles. The van der Waals surface area contributed by atoms with Gasteiger partial charge in [0.25, 0.3) is 0 Å². The lowest BCUT2D eigenvalue weighted by Gasteiger charge is -2.19. The summed E-state index contributed by atoms with van der Waals surface area (Å²) in [6.45, 7) is 12.2. The van der Waals surface area contributed by atoms with Crippen LogP contribution in [-0.2, 0) is 23.8 Å². The number of carbonyl (C=O) groups excluding carboxylic acids is 2. The smallest absolute Gasteiger partial charge is 0.333 e. The maximum atomic E-state index is 11.5. The molecule has 0 aromatic carbocycles. The molecule has 0 heterocycles. The van der Waals surface area contributed by atoms with Crippen molar-refractivity contribution < 1.29 is 23.8 Å². The van der Waals surface area contributed by atoms with Gasteiger partial charge in [-0.1, -0.05) is 25.8 Å². The highest BCUT2D eigenvalue weighted by molar-refractivity contribution is 5.86. The fourth-order valence-corrected chi connectivity index (χ4v) is 1.77. The van der Waals surface area contributed by atoms with Crippen molar-refractivity contribution in [3.05, 3.63) is 12.2 Å². The third kappa shape index (κ3) is 15.3. The summed E-state index contributed by atoms with van der Waals surface area (Å²) in [5.41, 5.74) is 0.270. The van der Waals surface area contributed by atoms with Gasteiger partial charge in [-0.3, -0.25) is 4.79 Å². The van der Waals surface area contributed by atoms with E-state index in [9.17, 15) is 9.59 Å². The van der Waals surface area contributed by atoms with Crippen molar-refractivity contribution in [2.45, 2.75) is 71.8 Å². The van der Waals surface area contributed by atoms with Crippen molar-refractivity contribution in [1.29, 1.82) is 0 Å². The van der Waals surface area contributed by atoms with E-state index in [0.29, 0.717) is 12.0 Å². The summed E-state index contributed by atoms with van der Waals surface area (Å²) in [7, 11) is 0. The second kappa shape index (κ2) is 12.1. The zero-order valence-corrected chi connectivity index (χ0v) is 15.1. The number of rotatable bonds is 12. The average Bonchev–Trinajstić information content (AvgIpc) is 2.44. The van der Waals surface area contributed by atoms with Gasteiger partial charge in [-0.15, -0.1) is 0 Å². The molecule has 0 amide bonds. The van der Waals surface area contributed by atoms with Crippen LogP contribution in [0.3, 0.4) is 0 Å². The summed E-state index contributed by atoms with van der Waals surface area (Å²) >= 11 is 0. The topological polar surface area (TPSA) is 61.8 Å². The Morgan fingerprint density at radius 3 is 2.04 bits per heavy atom. The van der Waals surface area contributed by atoms with Gasteiger partial charge in [-0.2, -0.15) is 0 Å². The molecule has 0 aromatic rings. The SMILES string of the molecule is C=C(C)C(=O)OCCOC(=O)CCCCCCCOC(C)(C)C. The largest absolute Gasteiger partial charge is 0.462 e. The van der Waals surface area contributed by atoms with Crippen LogP contribution in [0, 0.1) is 0 Å². The van der Waals surface area contributed by atoms with Gasteiger partial charge in [-0.05, 0) is 40.5 Å². The monoisotopic (exact) mass is 328 g/mol. The minimum Gasteiger partial charge on any atom is -0.462 e. The highest BCUT2D eigenvalue weighted by Gasteiger charge is 2.09. The predicted molar refractivity (Wildman–Crippen MR) is 90.1 cm³/mol. The van der Waals surface area contributed by atoms with Crippen LogP contribution in [0.25, 0.3) is 0 Å². The van der Waals surface area contributed by atoms with Crippen LogP contribution in [0.5, 0.6) is 0 Å². The van der Waals surface area contributed by atoms with E-state index in [1.807, 2.05) is 0 Å². The van der Waals surface area contributed by atoms with Crippen molar-refractivity contribution in [1.82, 2.24) is 0 Å². The molecule has 0 unspecified atom stereocenters. The summed E-state index contributed by atoms with van der Waals surface area (Å²) in [5, 5.41) is 0. The molecule has 0 aliphatic rings. The van der Waals surface area contributed by atoms with Gasteiger partial charge in [0.15, 0.2) is 0 Å². The van der Waals surface area contributed by atoms with E-state index in [1.165, 1.54) is 0 Å². The van der Waals surface area contributed by atoms with Crippen LogP contribution in [0.4, 0.5) is 0 Å². The second-order valence-corrected chi connectivity index (χ2v) is 6.62. The molecule has 5 nitrogen and oxygen atoms in total. The van der Waals surface area contributed by atoms with Crippen molar-refractivity contribution in [2.24, 2.45) is 0 Å². The first kappa shape index (κ1) is 21.6. The summed E-state index contributed by atoms with van der Waals surface area (Å²) < 4.78 is 15.5. The molecule has 0 aromatic heterocycles. The second-order valence-electron chi connectivity index (χ2n) is 6.62. The quantitative estimate of drug-likeness (QED) is 0.310. The summed E-state index contributed by atoms with van der Waals surface area (Å²) in [5.74, 6) is -0.705. The molecular weight excluding hydrogens is 296 g/mol. The zero-order chi connectivity index (χ0) is 17.7. The van der Waals surface area contributed by atoms with E-state index < -0.39 is 5.97 Å². The van der Waals surface area contributed by atoms with Gasteiger partial charge in [-0.25, -0.2) is 4.79 Å². The number of hydrogen-bond donors (Lipinski definition) is 0. The first-order valence-electron chi connectivity index (χ1n) is 8.34. The maximum Gasteiger partial charge on any atom is 0.333 e. The van der Waals surface area contributed by atoms with Crippen molar-refractivity contribution in [2.75, 3.05) is 19.8 Å². The molecule has 0 N–H and O–H groups in total. The molecule has 0 rings (SSSR count). The third-order valence-corrected chi connectivity index (χ3v) is 2.99. The van der Waals surface area contributed by atoms with Crippen LogP contribution in [-0.4, -0.2) is 37.4 Å². The standard InChI is InChI=1S/C18H32O5/c1-15(2)17(20)22-14-13-21-16(19)11-9-7-6-8-10-12-23-18(3,4)5/h1,6-14H2,2-5H3. The van der Waals surface area contributed by atoms with Crippen molar-refractivity contribution in [3.63, 3.8) is 0 Å². The number of ether oxygens (including phenoxy) is 3. The Labute approximate surface area is 140 Å². The van der Waals surface area contributed by atoms with E-state index in [4.69, 9.17) is 14.2 Å². The third-order valence-electron chi connectivity index (χ3n) is 2.99. The Morgan fingerprint density at radius 2 is 1.43 bits per heavy atom. The molecule has 5 heteroatoms. The van der Waals surface area contributed by atoms with Crippen molar-refractivity contribution >= 4 is 11.9 Å². The van der Waals surface area contributed by atoms with Gasteiger partial charge >= 0.3 is 11.9 Å². The average molecular weight is 328 g/mol. The maximum absolute atomic E-state index is 11.5. The number of esters is 2. The highest BCUT2D eigenvalue weighted by atomic mass is 16.6. The van der Waals surface area contributed by atoms with Gasteiger partial charge < -0.3 is 14.2 Å². The highest BCUT2D eigenvalue weighted by Crippen LogP contribution is 2.10. The predicted octanol–water partition coefficient (Wildman–Crippen LogP) is 3.80. The van der Waals surface area contributed by atoms with Crippen molar-refractivity contribution in [3.8, 4) is 0 Å². The molecule has 0 saturated heterocycles. The molecule has 0 aliphatic carbocycles. The van der Waals surface area contributed by atoms with Gasteiger partial charge in [0.2, 0.25) is 0 Å². The van der Waals surface area contributed by atoms with Crippen LogP contribution in [0.2, 0.25) is 0 Å². The molecule has 0 fully saturated rings. The Bertz CT molecular complexity index is 368. The molecule has 0 radical (unpaired) electrons. The summed E-state index contributed by atoms with van der Waals surface area (Å²) in [4.78, 5) is 22.6. The van der Waals surface area contributed by atoms with E-state index in [2.05, 4.69) is 27.4 Å². The van der Waals surface area contributed by atoms with Gasteiger partial charge in [0.05, 0.1) is 5.60 Å². The molecule has 0 spiro atoms. The van der Waals surface area contributed by atoms with Crippen LogP contribution >= 0.6 is 0 Å². The number of hydrogen-bond acceptors (Lipinski definition) is 5. The first-order valence-corrected chi connectivity index (χ1v) is 8.34. The molecule has 0 atom stereocenters. The summed E-state index contributed by atoms with van der Waals surface area (Å²) in [6.07, 6.45) is 5.50. The minimum absolute atomic E-state index is 0.0670. The first-order chi connectivity index (χ1) is 10.7. The zero-order valence-electron chi connectivity index (χ0n) is 15.1. The van der Waals surface area contributed by atoms with Gasteiger partial charge in [0, 0.05) is 18.6 Å². The number of carbonyl (C=O) groups is 2. The van der Waals surface area contributed by atoms with Crippen LogP contribution < -0.4 is 0 Å². The fourth-order valence-electron chi connectivity index (χ4n) is 1.77. The lowest BCUT2D eigenvalue weighted by atomic mass is 10.1. The van der Waals surface area contributed by atoms with E-state index >= 15 is 0 Å². The minimum atomic E-state index is -0.462. The Morgan fingerprint density at radius 1 is 0.870 bits per heavy atom. The van der Waals surface area contributed by atoms with Crippen LogP contribution in [0.1, 0.15) is 66.2 Å². The fraction of sp³-hybridized carbons (Fsp3) is 0.778. The number of unbranched alkanes of at least 4 members (excludes halogenated alkanes) is 4. The normalized spacial score (nSPS) is 11.1. The van der Waals surface area contributed by atoms with Gasteiger partial charge in [0.1, 0.15) is 13.2 Å². The summed E-state index contributed by atoms with van der Waals surface area (Å²) in [6, 6.07) is 0. The Kier molecular flexibility index (Phi) is 11.4. The van der Waals surface area contributed by atoms with Crippen LogP contribution in [0.15, 0.2) is 12.2 Å². The Hall–Kier alpha value is -1.36. The van der Waals surface area contributed by atoms with E-state index in [0.717, 1.165) is 38.7 Å². The molecule has 23 heavy (non-hydrogen) atoms. The molecular formula is C18H32O5. The Balaban J connectivity index is 3.37.